The Morgan fingerprint density at radius 1 is 1.27 bits per heavy atom. The normalized spacial score (nSPS) is 10.3. The molecule has 0 fully saturated rings. The molecular formula is C13H21NS. The first kappa shape index (κ1) is 12.4. The van der Waals surface area contributed by atoms with Gasteiger partial charge in [0.25, 0.3) is 0 Å². The lowest BCUT2D eigenvalue weighted by Gasteiger charge is -2.10. The Hall–Kier alpha value is -0.630. The molecule has 1 rings (SSSR count). The van der Waals surface area contributed by atoms with Crippen LogP contribution in [0.4, 0.5) is 5.69 Å². The lowest BCUT2D eigenvalue weighted by atomic mass is 10.1. The highest BCUT2D eigenvalue weighted by Gasteiger charge is 1.98. The van der Waals surface area contributed by atoms with Gasteiger partial charge in [-0.25, -0.2) is 0 Å². The smallest absolute Gasteiger partial charge is 0.0372 e. The number of aryl methyl sites for hydroxylation is 1. The van der Waals surface area contributed by atoms with Crippen molar-refractivity contribution in [1.82, 2.24) is 0 Å². The van der Waals surface area contributed by atoms with E-state index in [0.29, 0.717) is 0 Å². The van der Waals surface area contributed by atoms with E-state index in [4.69, 9.17) is 0 Å². The van der Waals surface area contributed by atoms with Gasteiger partial charge in [0.1, 0.15) is 0 Å². The third kappa shape index (κ3) is 4.17. The summed E-state index contributed by atoms with van der Waals surface area (Å²) in [5.41, 5.74) is 4.03. The molecule has 15 heavy (non-hydrogen) atoms. The molecule has 0 aromatic heterocycles. The highest BCUT2D eigenvalue weighted by Crippen LogP contribution is 2.17. The van der Waals surface area contributed by atoms with E-state index in [1.807, 2.05) is 11.8 Å². The zero-order valence-electron chi connectivity index (χ0n) is 9.97. The number of nitrogens with one attached hydrogen (secondary N) is 1. The maximum Gasteiger partial charge on any atom is 0.0372 e. The van der Waals surface area contributed by atoms with E-state index >= 15 is 0 Å². The lowest BCUT2D eigenvalue weighted by Crippen LogP contribution is -2.04. The van der Waals surface area contributed by atoms with Crippen LogP contribution in [0.15, 0.2) is 18.2 Å². The van der Waals surface area contributed by atoms with E-state index in [-0.39, 0.29) is 0 Å². The number of hydrogen-bond acceptors (Lipinski definition) is 2. The van der Waals surface area contributed by atoms with Crippen molar-refractivity contribution in [2.45, 2.75) is 27.2 Å². The number of hydrogen-bond donors (Lipinski definition) is 1. The summed E-state index contributed by atoms with van der Waals surface area (Å²) in [5.74, 6) is 2.48. The molecule has 0 radical (unpaired) electrons. The molecule has 0 heterocycles. The van der Waals surface area contributed by atoms with Gasteiger partial charge in [-0.2, -0.15) is 11.8 Å². The van der Waals surface area contributed by atoms with Crippen molar-refractivity contribution >= 4 is 17.4 Å². The second-order valence-corrected chi connectivity index (χ2v) is 5.12. The Morgan fingerprint density at radius 2 is 2.07 bits per heavy atom. The van der Waals surface area contributed by atoms with Gasteiger partial charge in [0.15, 0.2) is 0 Å². The van der Waals surface area contributed by atoms with Gasteiger partial charge in [0.05, 0.1) is 0 Å². The number of anilines is 1. The van der Waals surface area contributed by atoms with Crippen molar-refractivity contribution in [2.24, 2.45) is 0 Å². The first-order valence-electron chi connectivity index (χ1n) is 5.63. The molecule has 0 aliphatic carbocycles. The highest BCUT2D eigenvalue weighted by molar-refractivity contribution is 7.99. The van der Waals surface area contributed by atoms with E-state index in [9.17, 15) is 0 Å². The van der Waals surface area contributed by atoms with Crippen molar-refractivity contribution in [3.05, 3.63) is 29.3 Å². The van der Waals surface area contributed by atoms with Crippen LogP contribution in [0.1, 0.15) is 24.5 Å². The Labute approximate surface area is 97.7 Å². The first-order chi connectivity index (χ1) is 7.25. The van der Waals surface area contributed by atoms with Crippen LogP contribution in [0.25, 0.3) is 0 Å². The molecule has 1 N–H and O–H groups in total. The molecule has 0 spiro atoms. The molecule has 2 heteroatoms. The van der Waals surface area contributed by atoms with E-state index in [1.165, 1.54) is 34.7 Å². The molecule has 0 unspecified atom stereocenters. The minimum absolute atomic E-state index is 1.08. The minimum Gasteiger partial charge on any atom is -0.385 e. The van der Waals surface area contributed by atoms with Crippen LogP contribution in [0, 0.1) is 13.8 Å². The molecule has 0 saturated heterocycles. The molecule has 84 valence electrons. The van der Waals surface area contributed by atoms with Crippen molar-refractivity contribution in [3.8, 4) is 0 Å². The summed E-state index contributed by atoms with van der Waals surface area (Å²) >= 11 is 2.01. The molecule has 0 aliphatic heterocycles. The Kier molecular flexibility index (Phi) is 5.62. The van der Waals surface area contributed by atoms with E-state index in [1.54, 1.807) is 0 Å². The van der Waals surface area contributed by atoms with Crippen LogP contribution in [-0.4, -0.2) is 18.1 Å². The molecule has 0 saturated carbocycles. The quantitative estimate of drug-likeness (QED) is 0.735. The summed E-state index contributed by atoms with van der Waals surface area (Å²) in [7, 11) is 0. The van der Waals surface area contributed by atoms with Crippen molar-refractivity contribution < 1.29 is 0 Å². The predicted molar refractivity (Wildman–Crippen MR) is 72.0 cm³/mol. The third-order valence-electron chi connectivity index (χ3n) is 2.59. The van der Waals surface area contributed by atoms with Crippen LogP contribution < -0.4 is 5.32 Å². The number of benzene rings is 1. The highest BCUT2D eigenvalue weighted by atomic mass is 32.2. The molecular weight excluding hydrogens is 202 g/mol. The van der Waals surface area contributed by atoms with Crippen LogP contribution in [-0.2, 0) is 0 Å². The van der Waals surface area contributed by atoms with Gasteiger partial charge in [-0.3, -0.25) is 0 Å². The molecule has 0 aliphatic rings. The largest absolute Gasteiger partial charge is 0.385 e. The first-order valence-corrected chi connectivity index (χ1v) is 6.79. The number of rotatable bonds is 6. The van der Waals surface area contributed by atoms with Crippen LogP contribution in [0.2, 0.25) is 0 Å². The van der Waals surface area contributed by atoms with E-state index in [2.05, 4.69) is 44.3 Å². The minimum atomic E-state index is 1.08. The zero-order chi connectivity index (χ0) is 11.1. The Balaban J connectivity index is 2.34. The van der Waals surface area contributed by atoms with Gasteiger partial charge in [-0.1, -0.05) is 19.1 Å². The summed E-state index contributed by atoms with van der Waals surface area (Å²) < 4.78 is 0. The summed E-state index contributed by atoms with van der Waals surface area (Å²) in [5, 5.41) is 3.50. The fraction of sp³-hybridized carbons (Fsp3) is 0.538. The second-order valence-electron chi connectivity index (χ2n) is 3.72. The summed E-state index contributed by atoms with van der Waals surface area (Å²) in [6.07, 6.45) is 1.24. The Morgan fingerprint density at radius 3 is 2.80 bits per heavy atom. The molecule has 0 amide bonds. The summed E-state index contributed by atoms with van der Waals surface area (Å²) in [6.45, 7) is 7.63. The SMILES string of the molecule is CCSCCCNc1cccc(C)c1C. The van der Waals surface area contributed by atoms with Crippen molar-refractivity contribution in [1.29, 1.82) is 0 Å². The molecule has 1 aromatic carbocycles. The predicted octanol–water partition coefficient (Wildman–Crippen LogP) is 3.86. The van der Waals surface area contributed by atoms with Gasteiger partial charge in [0, 0.05) is 12.2 Å². The fourth-order valence-electron chi connectivity index (χ4n) is 1.48. The lowest BCUT2D eigenvalue weighted by molar-refractivity contribution is 0.988. The second kappa shape index (κ2) is 6.78. The standard InChI is InChI=1S/C13H21NS/c1-4-15-10-6-9-14-13-8-5-7-11(2)12(13)3/h5,7-8,14H,4,6,9-10H2,1-3H3. The van der Waals surface area contributed by atoms with Gasteiger partial charge in [-0.05, 0) is 49.0 Å². The van der Waals surface area contributed by atoms with Gasteiger partial charge < -0.3 is 5.32 Å². The molecule has 1 aromatic rings. The topological polar surface area (TPSA) is 12.0 Å². The van der Waals surface area contributed by atoms with Crippen LogP contribution in [0.5, 0.6) is 0 Å². The monoisotopic (exact) mass is 223 g/mol. The van der Waals surface area contributed by atoms with E-state index < -0.39 is 0 Å². The van der Waals surface area contributed by atoms with E-state index in [0.717, 1.165) is 6.54 Å². The summed E-state index contributed by atoms with van der Waals surface area (Å²) in [4.78, 5) is 0. The van der Waals surface area contributed by atoms with Crippen molar-refractivity contribution in [2.75, 3.05) is 23.4 Å². The summed E-state index contributed by atoms with van der Waals surface area (Å²) in [6, 6.07) is 6.44. The van der Waals surface area contributed by atoms with Gasteiger partial charge in [0.2, 0.25) is 0 Å². The average Bonchev–Trinajstić information content (AvgIpc) is 2.24. The molecule has 1 nitrogen and oxygen atoms in total. The average molecular weight is 223 g/mol. The number of thioether (sulfide) groups is 1. The van der Waals surface area contributed by atoms with Crippen molar-refractivity contribution in [3.63, 3.8) is 0 Å². The zero-order valence-corrected chi connectivity index (χ0v) is 10.8. The fourth-order valence-corrected chi connectivity index (χ4v) is 2.12. The van der Waals surface area contributed by atoms with Crippen LogP contribution >= 0.6 is 11.8 Å². The Bertz CT molecular complexity index is 297. The maximum atomic E-state index is 3.50. The van der Waals surface area contributed by atoms with Gasteiger partial charge >= 0.3 is 0 Å². The van der Waals surface area contributed by atoms with Gasteiger partial charge in [-0.15, -0.1) is 0 Å². The molecule has 0 bridgehead atoms. The third-order valence-corrected chi connectivity index (χ3v) is 3.58. The molecule has 0 atom stereocenters. The maximum absolute atomic E-state index is 3.50. The van der Waals surface area contributed by atoms with Crippen LogP contribution in [0.3, 0.4) is 0 Å².